The summed E-state index contributed by atoms with van der Waals surface area (Å²) in [5, 5.41) is 3.27. The van der Waals surface area contributed by atoms with Crippen LogP contribution in [0.2, 0.25) is 0 Å². The molecule has 2 aromatic heterocycles. The number of carbonyl (C=O) groups excluding carboxylic acids is 1. The molecule has 3 aromatic rings. The Kier molecular flexibility index (Phi) is 6.16. The molecule has 0 spiro atoms. The third-order valence-corrected chi connectivity index (χ3v) is 5.43. The van der Waals surface area contributed by atoms with Crippen molar-refractivity contribution in [3.63, 3.8) is 0 Å². The molecule has 162 valence electrons. The van der Waals surface area contributed by atoms with Gasteiger partial charge in [0.05, 0.1) is 43.5 Å². The Morgan fingerprint density at radius 1 is 1.32 bits per heavy atom. The fourth-order valence-electron chi connectivity index (χ4n) is 3.97. The Hall–Kier alpha value is -3.42. The maximum absolute atomic E-state index is 12.0. The second kappa shape index (κ2) is 9.16. The van der Waals surface area contributed by atoms with Crippen LogP contribution in [0.1, 0.15) is 49.1 Å². The van der Waals surface area contributed by atoms with Crippen molar-refractivity contribution in [3.05, 3.63) is 53.9 Å². The summed E-state index contributed by atoms with van der Waals surface area (Å²) in [4.78, 5) is 25.5. The molecule has 0 aliphatic heterocycles. The molecular formula is C23H27N5O3. The molecule has 0 saturated carbocycles. The first-order valence-corrected chi connectivity index (χ1v) is 10.5. The molecule has 1 unspecified atom stereocenters. The third-order valence-electron chi connectivity index (χ3n) is 5.43. The lowest BCUT2D eigenvalue weighted by Crippen LogP contribution is -2.18. The first-order valence-electron chi connectivity index (χ1n) is 10.5. The van der Waals surface area contributed by atoms with Crippen molar-refractivity contribution in [2.24, 2.45) is 0 Å². The van der Waals surface area contributed by atoms with Gasteiger partial charge in [0.1, 0.15) is 5.75 Å². The summed E-state index contributed by atoms with van der Waals surface area (Å²) in [5.41, 5.74) is 4.69. The first kappa shape index (κ1) is 20.8. The van der Waals surface area contributed by atoms with Crippen LogP contribution in [0.5, 0.6) is 5.75 Å². The van der Waals surface area contributed by atoms with Gasteiger partial charge in [-0.25, -0.2) is 15.0 Å². The normalized spacial score (nSPS) is 15.3. The van der Waals surface area contributed by atoms with E-state index in [0.717, 1.165) is 47.6 Å². The van der Waals surface area contributed by atoms with Crippen LogP contribution in [0, 0.1) is 6.92 Å². The lowest BCUT2D eigenvalue weighted by molar-refractivity contribution is -0.143. The number of imidazole rings is 1. The number of aryl methyl sites for hydroxylation is 2. The Morgan fingerprint density at radius 3 is 2.94 bits per heavy atom. The van der Waals surface area contributed by atoms with E-state index in [1.54, 1.807) is 13.4 Å². The lowest BCUT2D eigenvalue weighted by Gasteiger charge is -2.24. The number of methoxy groups -OCH3 is 1. The van der Waals surface area contributed by atoms with Crippen molar-refractivity contribution >= 4 is 17.6 Å². The second-order valence-corrected chi connectivity index (χ2v) is 7.64. The number of rotatable bonds is 7. The predicted octanol–water partition coefficient (Wildman–Crippen LogP) is 4.10. The fourth-order valence-corrected chi connectivity index (χ4v) is 3.97. The van der Waals surface area contributed by atoms with Crippen LogP contribution in [-0.2, 0) is 16.0 Å². The number of aromatic nitrogens is 4. The van der Waals surface area contributed by atoms with Crippen molar-refractivity contribution in [3.8, 4) is 11.4 Å². The summed E-state index contributed by atoms with van der Waals surface area (Å²) in [6.45, 7) is 4.16. The minimum atomic E-state index is -0.177. The largest absolute Gasteiger partial charge is 0.494 e. The van der Waals surface area contributed by atoms with Gasteiger partial charge in [0.25, 0.3) is 0 Å². The zero-order valence-electron chi connectivity index (χ0n) is 18.1. The van der Waals surface area contributed by atoms with Gasteiger partial charge in [-0.2, -0.15) is 0 Å². The van der Waals surface area contributed by atoms with E-state index in [1.807, 2.05) is 49.0 Å². The van der Waals surface area contributed by atoms with E-state index >= 15 is 0 Å². The van der Waals surface area contributed by atoms with E-state index in [1.165, 1.54) is 0 Å². The zero-order chi connectivity index (χ0) is 21.8. The molecule has 0 bridgehead atoms. The fraction of sp³-hybridized carbons (Fsp3) is 0.391. The molecule has 0 saturated heterocycles. The topological polar surface area (TPSA) is 91.2 Å². The van der Waals surface area contributed by atoms with Gasteiger partial charge in [-0.05, 0) is 50.8 Å². The van der Waals surface area contributed by atoms with Gasteiger partial charge in [0, 0.05) is 30.1 Å². The van der Waals surface area contributed by atoms with E-state index in [2.05, 4.69) is 15.3 Å². The Bertz CT molecular complexity index is 1080. The average Bonchev–Trinajstić information content (AvgIpc) is 3.20. The van der Waals surface area contributed by atoms with Crippen LogP contribution >= 0.6 is 0 Å². The summed E-state index contributed by atoms with van der Waals surface area (Å²) < 4.78 is 12.6. The van der Waals surface area contributed by atoms with E-state index in [9.17, 15) is 4.79 Å². The van der Waals surface area contributed by atoms with Gasteiger partial charge >= 0.3 is 5.97 Å². The van der Waals surface area contributed by atoms with Crippen molar-refractivity contribution < 1.29 is 14.3 Å². The Morgan fingerprint density at radius 2 is 2.19 bits per heavy atom. The van der Waals surface area contributed by atoms with Crippen LogP contribution < -0.4 is 10.1 Å². The zero-order valence-corrected chi connectivity index (χ0v) is 18.1. The van der Waals surface area contributed by atoms with Crippen molar-refractivity contribution in [2.45, 2.75) is 45.4 Å². The number of nitrogens with zero attached hydrogens (tertiary/aromatic N) is 4. The SMILES string of the molecule is CCOC(=O)CC1CCCc2cnc(Nc3ccc(-n4cnc(C)c4)c(OC)c3)nc21. The van der Waals surface area contributed by atoms with E-state index < -0.39 is 0 Å². The van der Waals surface area contributed by atoms with Crippen molar-refractivity contribution in [2.75, 3.05) is 19.0 Å². The summed E-state index contributed by atoms with van der Waals surface area (Å²) in [6.07, 6.45) is 8.81. The number of hydrogen-bond acceptors (Lipinski definition) is 7. The molecule has 1 aliphatic rings. The molecule has 0 amide bonds. The highest BCUT2D eigenvalue weighted by atomic mass is 16.5. The first-order chi connectivity index (χ1) is 15.1. The van der Waals surface area contributed by atoms with E-state index in [-0.39, 0.29) is 11.9 Å². The summed E-state index contributed by atoms with van der Waals surface area (Å²) in [7, 11) is 1.64. The maximum Gasteiger partial charge on any atom is 0.306 e. The van der Waals surface area contributed by atoms with Crippen LogP contribution in [-0.4, -0.2) is 39.2 Å². The van der Waals surface area contributed by atoms with Crippen molar-refractivity contribution in [1.82, 2.24) is 19.5 Å². The molecule has 1 atom stereocenters. The number of anilines is 2. The van der Waals surface area contributed by atoms with Crippen LogP contribution in [0.25, 0.3) is 5.69 Å². The van der Waals surface area contributed by atoms with E-state index in [4.69, 9.17) is 14.5 Å². The lowest BCUT2D eigenvalue weighted by atomic mass is 9.85. The summed E-state index contributed by atoms with van der Waals surface area (Å²) in [6, 6.07) is 5.82. The number of fused-ring (bicyclic) bond motifs is 1. The summed E-state index contributed by atoms with van der Waals surface area (Å²) >= 11 is 0. The number of ether oxygens (including phenoxy) is 2. The number of hydrogen-bond donors (Lipinski definition) is 1. The molecule has 0 radical (unpaired) electrons. The number of benzene rings is 1. The Labute approximate surface area is 181 Å². The quantitative estimate of drug-likeness (QED) is 0.574. The molecule has 8 heteroatoms. The molecule has 1 aromatic carbocycles. The minimum absolute atomic E-state index is 0.0627. The molecule has 31 heavy (non-hydrogen) atoms. The van der Waals surface area contributed by atoms with E-state index in [0.29, 0.717) is 24.7 Å². The van der Waals surface area contributed by atoms with Crippen LogP contribution in [0.3, 0.4) is 0 Å². The third kappa shape index (κ3) is 4.68. The standard InChI is InChI=1S/C23H27N5O3/c1-4-31-21(29)10-16-6-5-7-17-12-24-23(27-22(16)17)26-18-8-9-19(20(11-18)30-3)28-13-15(2)25-14-28/h8-9,11-14,16H,4-7,10H2,1-3H3,(H,24,26,27). The average molecular weight is 422 g/mol. The van der Waals surface area contributed by atoms with Crippen LogP contribution in [0.15, 0.2) is 36.9 Å². The van der Waals surface area contributed by atoms with Crippen LogP contribution in [0.4, 0.5) is 11.6 Å². The molecule has 4 rings (SSSR count). The number of esters is 1. The highest BCUT2D eigenvalue weighted by Crippen LogP contribution is 2.34. The van der Waals surface area contributed by atoms with Gasteiger partial charge in [-0.15, -0.1) is 0 Å². The minimum Gasteiger partial charge on any atom is -0.494 e. The van der Waals surface area contributed by atoms with Gasteiger partial charge in [0.2, 0.25) is 5.95 Å². The van der Waals surface area contributed by atoms with Gasteiger partial charge in [0.15, 0.2) is 0 Å². The second-order valence-electron chi connectivity index (χ2n) is 7.64. The van der Waals surface area contributed by atoms with Gasteiger partial charge in [-0.3, -0.25) is 4.79 Å². The summed E-state index contributed by atoms with van der Waals surface area (Å²) in [5.74, 6) is 1.10. The van der Waals surface area contributed by atoms with Gasteiger partial charge < -0.3 is 19.4 Å². The Balaban J connectivity index is 1.56. The predicted molar refractivity (Wildman–Crippen MR) is 117 cm³/mol. The molecular weight excluding hydrogens is 394 g/mol. The maximum atomic E-state index is 12.0. The molecule has 8 nitrogen and oxygen atoms in total. The number of nitrogens with one attached hydrogen (secondary N) is 1. The van der Waals surface area contributed by atoms with Gasteiger partial charge in [-0.1, -0.05) is 0 Å². The highest BCUT2D eigenvalue weighted by Gasteiger charge is 2.25. The monoisotopic (exact) mass is 421 g/mol. The smallest absolute Gasteiger partial charge is 0.306 e. The molecule has 2 heterocycles. The molecule has 0 fully saturated rings. The highest BCUT2D eigenvalue weighted by molar-refractivity contribution is 5.70. The van der Waals surface area contributed by atoms with Crippen molar-refractivity contribution in [1.29, 1.82) is 0 Å². The molecule has 1 aliphatic carbocycles. The molecule has 1 N–H and O–H groups in total. The number of carbonyl (C=O) groups is 1.